The van der Waals surface area contributed by atoms with E-state index in [1.165, 1.54) is 6.07 Å². The van der Waals surface area contributed by atoms with E-state index in [4.69, 9.17) is 21.4 Å². The normalized spacial score (nSPS) is 10.4. The number of rotatable bonds is 7. The van der Waals surface area contributed by atoms with Crippen LogP contribution in [-0.2, 0) is 13.2 Å². The topological polar surface area (TPSA) is 58.6 Å². The van der Waals surface area contributed by atoms with Gasteiger partial charge in [-0.05, 0) is 57.4 Å². The summed E-state index contributed by atoms with van der Waals surface area (Å²) in [6.45, 7) is 1.08. The number of carboxylic acids is 1. The monoisotopic (exact) mass is 445 g/mol. The van der Waals surface area contributed by atoms with E-state index >= 15 is 0 Å². The maximum atomic E-state index is 11.0. The standard InChI is InChI=1S/C21H17BrClNO3/c22-18-10-15(6-9-20(18)27-13-14-4-2-1-3-5-14)12-24-16-7-8-17(21(25)26)19(23)11-16/h1-11,24H,12-13H2,(H,25,26). The summed E-state index contributed by atoms with van der Waals surface area (Å²) in [5.41, 5.74) is 3.00. The summed E-state index contributed by atoms with van der Waals surface area (Å²) >= 11 is 9.54. The lowest BCUT2D eigenvalue weighted by molar-refractivity contribution is 0.0697. The molecule has 0 aliphatic rings. The Hall–Kier alpha value is -2.50. The minimum absolute atomic E-state index is 0.0879. The highest BCUT2D eigenvalue weighted by atomic mass is 79.9. The van der Waals surface area contributed by atoms with Gasteiger partial charge in [0.15, 0.2) is 0 Å². The predicted molar refractivity (Wildman–Crippen MR) is 111 cm³/mol. The van der Waals surface area contributed by atoms with Crippen LogP contribution in [0.1, 0.15) is 21.5 Å². The van der Waals surface area contributed by atoms with Crippen molar-refractivity contribution in [2.75, 3.05) is 5.32 Å². The van der Waals surface area contributed by atoms with Crippen LogP contribution in [0, 0.1) is 0 Å². The minimum Gasteiger partial charge on any atom is -0.488 e. The molecule has 0 spiro atoms. The number of nitrogens with one attached hydrogen (secondary N) is 1. The van der Waals surface area contributed by atoms with Gasteiger partial charge in [-0.25, -0.2) is 4.79 Å². The summed E-state index contributed by atoms with van der Waals surface area (Å²) in [4.78, 5) is 11.0. The molecule has 2 N–H and O–H groups in total. The zero-order valence-electron chi connectivity index (χ0n) is 14.3. The first kappa shape index (κ1) is 19.3. The van der Waals surface area contributed by atoms with Crippen molar-refractivity contribution in [1.29, 1.82) is 0 Å². The van der Waals surface area contributed by atoms with Crippen LogP contribution in [0.4, 0.5) is 5.69 Å². The molecule has 4 nitrogen and oxygen atoms in total. The van der Waals surface area contributed by atoms with Gasteiger partial charge in [-0.1, -0.05) is 48.0 Å². The van der Waals surface area contributed by atoms with Gasteiger partial charge in [-0.15, -0.1) is 0 Å². The highest BCUT2D eigenvalue weighted by Crippen LogP contribution is 2.28. The number of carbonyl (C=O) groups is 1. The van der Waals surface area contributed by atoms with Crippen molar-refractivity contribution in [3.8, 4) is 5.75 Å². The molecule has 0 aliphatic carbocycles. The molecule has 0 aromatic heterocycles. The molecule has 138 valence electrons. The fourth-order valence-electron chi connectivity index (χ4n) is 2.51. The Kier molecular flexibility index (Phi) is 6.37. The Balaban J connectivity index is 1.60. The van der Waals surface area contributed by atoms with Crippen LogP contribution in [0.25, 0.3) is 0 Å². The largest absolute Gasteiger partial charge is 0.488 e. The van der Waals surface area contributed by atoms with Crippen LogP contribution >= 0.6 is 27.5 Å². The van der Waals surface area contributed by atoms with Crippen LogP contribution in [0.3, 0.4) is 0 Å². The summed E-state index contributed by atoms with van der Waals surface area (Å²) in [5, 5.41) is 12.5. The van der Waals surface area contributed by atoms with Gasteiger partial charge in [0, 0.05) is 12.2 Å². The molecule has 0 unspecified atom stereocenters. The first-order valence-electron chi connectivity index (χ1n) is 8.25. The number of anilines is 1. The summed E-state index contributed by atoms with van der Waals surface area (Å²) in [5.74, 6) is -0.266. The van der Waals surface area contributed by atoms with Gasteiger partial charge < -0.3 is 15.2 Å². The van der Waals surface area contributed by atoms with Crippen molar-refractivity contribution >= 4 is 39.2 Å². The van der Waals surface area contributed by atoms with Crippen LogP contribution < -0.4 is 10.1 Å². The average molecular weight is 447 g/mol. The lowest BCUT2D eigenvalue weighted by Crippen LogP contribution is -2.02. The molecule has 3 aromatic carbocycles. The van der Waals surface area contributed by atoms with Crippen LogP contribution in [0.15, 0.2) is 71.2 Å². The quantitative estimate of drug-likeness (QED) is 0.468. The second-order valence-corrected chi connectivity index (χ2v) is 7.15. The molecule has 0 saturated heterocycles. The highest BCUT2D eigenvalue weighted by Gasteiger charge is 2.09. The predicted octanol–water partition coefficient (Wildman–Crippen LogP) is 5.99. The van der Waals surface area contributed by atoms with Crippen molar-refractivity contribution in [3.05, 3.63) is 92.9 Å². The average Bonchev–Trinajstić information content (AvgIpc) is 2.66. The Morgan fingerprint density at radius 3 is 2.48 bits per heavy atom. The molecule has 0 amide bonds. The summed E-state index contributed by atoms with van der Waals surface area (Å²) < 4.78 is 6.72. The molecular weight excluding hydrogens is 430 g/mol. The van der Waals surface area contributed by atoms with Gasteiger partial charge in [0.25, 0.3) is 0 Å². The molecule has 0 radical (unpaired) electrons. The zero-order chi connectivity index (χ0) is 19.2. The lowest BCUT2D eigenvalue weighted by atomic mass is 10.2. The minimum atomic E-state index is -1.04. The van der Waals surface area contributed by atoms with Crippen molar-refractivity contribution in [2.45, 2.75) is 13.2 Å². The van der Waals surface area contributed by atoms with Crippen molar-refractivity contribution < 1.29 is 14.6 Å². The van der Waals surface area contributed by atoms with Crippen molar-refractivity contribution in [2.24, 2.45) is 0 Å². The fraction of sp³-hybridized carbons (Fsp3) is 0.0952. The van der Waals surface area contributed by atoms with E-state index in [9.17, 15) is 4.79 Å². The molecule has 0 heterocycles. The maximum absolute atomic E-state index is 11.0. The third-order valence-corrected chi connectivity index (χ3v) is 4.86. The Morgan fingerprint density at radius 1 is 1.04 bits per heavy atom. The lowest BCUT2D eigenvalue weighted by Gasteiger charge is -2.11. The number of ether oxygens (including phenoxy) is 1. The first-order chi connectivity index (χ1) is 13.0. The van der Waals surface area contributed by atoms with Crippen molar-refractivity contribution in [3.63, 3.8) is 0 Å². The van der Waals surface area contributed by atoms with Gasteiger partial charge in [-0.3, -0.25) is 0 Å². The van der Waals surface area contributed by atoms with Crippen molar-refractivity contribution in [1.82, 2.24) is 0 Å². The molecule has 0 atom stereocenters. The number of hydrogen-bond acceptors (Lipinski definition) is 3. The SMILES string of the molecule is O=C(O)c1ccc(NCc2ccc(OCc3ccccc3)c(Br)c2)cc1Cl. The summed E-state index contributed by atoms with van der Waals surface area (Å²) in [6.07, 6.45) is 0. The molecule has 0 fully saturated rings. The molecule has 27 heavy (non-hydrogen) atoms. The van der Waals surface area contributed by atoms with Crippen LogP contribution in [-0.4, -0.2) is 11.1 Å². The highest BCUT2D eigenvalue weighted by molar-refractivity contribution is 9.10. The molecular formula is C21H17BrClNO3. The molecule has 0 bridgehead atoms. The van der Waals surface area contributed by atoms with E-state index in [1.807, 2.05) is 48.5 Å². The van der Waals surface area contributed by atoms with Gasteiger partial charge in [0.2, 0.25) is 0 Å². The first-order valence-corrected chi connectivity index (χ1v) is 9.42. The van der Waals surface area contributed by atoms with E-state index in [2.05, 4.69) is 21.2 Å². The number of benzene rings is 3. The Bertz CT molecular complexity index is 947. The molecule has 0 aliphatic heterocycles. The number of aromatic carboxylic acids is 1. The third kappa shape index (κ3) is 5.25. The molecule has 0 saturated carbocycles. The second-order valence-electron chi connectivity index (χ2n) is 5.89. The Labute approximate surface area is 170 Å². The molecule has 3 aromatic rings. The van der Waals surface area contributed by atoms with E-state index in [0.29, 0.717) is 13.2 Å². The van der Waals surface area contributed by atoms with E-state index in [0.717, 1.165) is 27.0 Å². The molecule has 6 heteroatoms. The fourth-order valence-corrected chi connectivity index (χ4v) is 3.31. The van der Waals surface area contributed by atoms with Gasteiger partial charge in [0.1, 0.15) is 12.4 Å². The third-order valence-electron chi connectivity index (χ3n) is 3.93. The summed E-state index contributed by atoms with van der Waals surface area (Å²) in [6, 6.07) is 20.7. The maximum Gasteiger partial charge on any atom is 0.337 e. The van der Waals surface area contributed by atoms with Gasteiger partial charge in [0.05, 0.1) is 15.1 Å². The second kappa shape index (κ2) is 8.93. The van der Waals surface area contributed by atoms with E-state index in [-0.39, 0.29) is 10.6 Å². The molecule has 3 rings (SSSR count). The number of hydrogen-bond donors (Lipinski definition) is 2. The zero-order valence-corrected chi connectivity index (χ0v) is 16.6. The van der Waals surface area contributed by atoms with E-state index in [1.54, 1.807) is 12.1 Å². The number of carboxylic acid groups (broad SMARTS) is 1. The smallest absolute Gasteiger partial charge is 0.337 e. The van der Waals surface area contributed by atoms with Gasteiger partial charge >= 0.3 is 5.97 Å². The van der Waals surface area contributed by atoms with Crippen LogP contribution in [0.5, 0.6) is 5.75 Å². The van der Waals surface area contributed by atoms with Gasteiger partial charge in [-0.2, -0.15) is 0 Å². The Morgan fingerprint density at radius 2 is 1.81 bits per heavy atom. The summed E-state index contributed by atoms with van der Waals surface area (Å²) in [7, 11) is 0. The van der Waals surface area contributed by atoms with Crippen LogP contribution in [0.2, 0.25) is 5.02 Å². The number of halogens is 2. The van der Waals surface area contributed by atoms with E-state index < -0.39 is 5.97 Å².